The molecule has 0 aliphatic rings. The third-order valence-corrected chi connectivity index (χ3v) is 6.04. The van der Waals surface area contributed by atoms with E-state index in [0.29, 0.717) is 25.2 Å². The minimum atomic E-state index is -5.01. The Bertz CT molecular complexity index is 912. The fraction of sp³-hybridized carbons (Fsp3) is 0.480. The molecular weight excluding hydrogens is 442 g/mol. The first-order chi connectivity index (χ1) is 15.3. The summed E-state index contributed by atoms with van der Waals surface area (Å²) in [7, 11) is 1.84. The lowest BCUT2D eigenvalue weighted by Crippen LogP contribution is -2.37. The van der Waals surface area contributed by atoms with E-state index < -0.39 is 40.4 Å². The van der Waals surface area contributed by atoms with Crippen molar-refractivity contribution in [2.24, 2.45) is 5.92 Å². The maximum absolute atomic E-state index is 13.8. The van der Waals surface area contributed by atoms with Gasteiger partial charge in [-0.15, -0.1) is 0 Å². The van der Waals surface area contributed by atoms with Crippen LogP contribution in [-0.4, -0.2) is 25.0 Å². The largest absolute Gasteiger partial charge is 0.416 e. The highest BCUT2D eigenvalue weighted by molar-refractivity contribution is 5.48. The van der Waals surface area contributed by atoms with Crippen LogP contribution in [0.5, 0.6) is 0 Å². The van der Waals surface area contributed by atoms with Crippen molar-refractivity contribution in [2.75, 3.05) is 20.1 Å². The molecule has 0 saturated heterocycles. The monoisotopic (exact) mass is 470 g/mol. The van der Waals surface area contributed by atoms with Gasteiger partial charge < -0.3 is 4.90 Å². The van der Waals surface area contributed by atoms with Gasteiger partial charge in [-0.1, -0.05) is 50.2 Å². The second-order valence-electron chi connectivity index (χ2n) is 8.60. The summed E-state index contributed by atoms with van der Waals surface area (Å²) in [5, 5.41) is 10.00. The molecule has 33 heavy (non-hydrogen) atoms. The molecule has 180 valence electrons. The Labute approximate surface area is 190 Å². The lowest BCUT2D eigenvalue weighted by atomic mass is 9.66. The van der Waals surface area contributed by atoms with Crippen molar-refractivity contribution in [3.63, 3.8) is 0 Å². The Morgan fingerprint density at radius 1 is 0.848 bits per heavy atom. The highest BCUT2D eigenvalue weighted by Crippen LogP contribution is 2.48. The second kappa shape index (κ2) is 10.6. The molecule has 2 aromatic rings. The lowest BCUT2D eigenvalue weighted by Gasteiger charge is -2.36. The van der Waals surface area contributed by atoms with Crippen LogP contribution in [0.4, 0.5) is 26.3 Å². The Balaban J connectivity index is 2.33. The SMILES string of the molecule is CC(C)C(C#N)(CCCN(C)CCc1ccccc1)c1c(C(F)(F)F)cccc1C(F)(F)F. The number of nitrogens with zero attached hydrogens (tertiary/aromatic N) is 2. The molecule has 0 spiro atoms. The average molecular weight is 471 g/mol. The molecule has 0 heterocycles. The highest BCUT2D eigenvalue weighted by Gasteiger charge is 2.49. The molecule has 8 heteroatoms. The van der Waals surface area contributed by atoms with E-state index in [0.717, 1.165) is 18.1 Å². The van der Waals surface area contributed by atoms with E-state index in [2.05, 4.69) is 0 Å². The smallest absolute Gasteiger partial charge is 0.306 e. The van der Waals surface area contributed by atoms with Gasteiger partial charge in [0.15, 0.2) is 0 Å². The normalized spacial score (nSPS) is 14.4. The Hall–Kier alpha value is -2.53. The number of hydrogen-bond acceptors (Lipinski definition) is 2. The summed E-state index contributed by atoms with van der Waals surface area (Å²) in [6, 6.07) is 13.6. The van der Waals surface area contributed by atoms with Gasteiger partial charge in [-0.3, -0.25) is 0 Å². The summed E-state index contributed by atoms with van der Waals surface area (Å²) in [6.07, 6.45) is -9.10. The predicted octanol–water partition coefficient (Wildman–Crippen LogP) is 7.10. The van der Waals surface area contributed by atoms with Crippen LogP contribution in [0.15, 0.2) is 48.5 Å². The highest BCUT2D eigenvalue weighted by atomic mass is 19.4. The van der Waals surface area contributed by atoms with Gasteiger partial charge in [0.25, 0.3) is 0 Å². The number of alkyl halides is 6. The number of nitriles is 1. The zero-order chi connectivity index (χ0) is 24.9. The molecule has 0 amide bonds. The van der Waals surface area contributed by atoms with Crippen LogP contribution in [0.1, 0.15) is 48.9 Å². The van der Waals surface area contributed by atoms with Gasteiger partial charge in [0, 0.05) is 6.54 Å². The first-order valence-corrected chi connectivity index (χ1v) is 10.7. The van der Waals surface area contributed by atoms with Crippen LogP contribution in [0.25, 0.3) is 0 Å². The van der Waals surface area contributed by atoms with Crippen molar-refractivity contribution in [3.8, 4) is 6.07 Å². The summed E-state index contributed by atoms with van der Waals surface area (Å²) in [4.78, 5) is 1.97. The van der Waals surface area contributed by atoms with Crippen molar-refractivity contribution in [3.05, 3.63) is 70.8 Å². The van der Waals surface area contributed by atoms with Gasteiger partial charge in [-0.25, -0.2) is 0 Å². The molecule has 0 fully saturated rings. The molecule has 0 bridgehead atoms. The quantitative estimate of drug-likeness (QED) is 0.366. The topological polar surface area (TPSA) is 27.0 Å². The van der Waals surface area contributed by atoms with Gasteiger partial charge in [0.05, 0.1) is 22.6 Å². The first kappa shape index (κ1) is 26.7. The zero-order valence-corrected chi connectivity index (χ0v) is 18.9. The minimum absolute atomic E-state index is 0.118. The van der Waals surface area contributed by atoms with Crippen LogP contribution >= 0.6 is 0 Å². The summed E-state index contributed by atoms with van der Waals surface area (Å²) in [5.74, 6) is -0.762. The van der Waals surface area contributed by atoms with Crippen molar-refractivity contribution in [1.29, 1.82) is 5.26 Å². The summed E-state index contributed by atoms with van der Waals surface area (Å²) in [6.45, 7) is 4.11. The van der Waals surface area contributed by atoms with E-state index in [1.807, 2.05) is 48.3 Å². The Morgan fingerprint density at radius 2 is 1.39 bits per heavy atom. The van der Waals surface area contributed by atoms with Crippen LogP contribution in [0, 0.1) is 17.2 Å². The summed E-state index contributed by atoms with van der Waals surface area (Å²) in [5.41, 5.74) is -4.56. The first-order valence-electron chi connectivity index (χ1n) is 10.7. The third kappa shape index (κ3) is 6.50. The number of benzene rings is 2. The van der Waals surface area contributed by atoms with Crippen molar-refractivity contribution >= 4 is 0 Å². The van der Waals surface area contributed by atoms with Crippen molar-refractivity contribution < 1.29 is 26.3 Å². The van der Waals surface area contributed by atoms with Gasteiger partial charge in [0.2, 0.25) is 0 Å². The zero-order valence-electron chi connectivity index (χ0n) is 18.9. The number of halogens is 6. The molecule has 0 aliphatic heterocycles. The standard InChI is InChI=1S/C25H28F6N2/c1-18(2)23(17-32,14-8-15-33(3)16-13-19-9-5-4-6-10-19)22-20(24(26,27)28)11-7-12-21(22)25(29,30)31/h4-7,9-12,18H,8,13-16H2,1-3H3. The van der Waals surface area contributed by atoms with Gasteiger partial charge in [0.1, 0.15) is 0 Å². The van der Waals surface area contributed by atoms with Crippen LogP contribution in [0.2, 0.25) is 0 Å². The fourth-order valence-electron chi connectivity index (χ4n) is 4.15. The maximum atomic E-state index is 13.8. The van der Waals surface area contributed by atoms with Crippen LogP contribution in [0.3, 0.4) is 0 Å². The molecular formula is C25H28F6N2. The molecule has 0 aromatic heterocycles. The molecule has 2 aromatic carbocycles. The van der Waals surface area contributed by atoms with Crippen LogP contribution < -0.4 is 0 Å². The Kier molecular flexibility index (Phi) is 8.58. The van der Waals surface area contributed by atoms with Crippen molar-refractivity contribution in [1.82, 2.24) is 4.90 Å². The second-order valence-corrected chi connectivity index (χ2v) is 8.60. The molecule has 0 aliphatic carbocycles. The third-order valence-electron chi connectivity index (χ3n) is 6.04. The van der Waals surface area contributed by atoms with E-state index in [9.17, 15) is 31.6 Å². The molecule has 1 unspecified atom stereocenters. The molecule has 0 radical (unpaired) electrons. The fourth-order valence-corrected chi connectivity index (χ4v) is 4.15. The van der Waals surface area contributed by atoms with E-state index in [1.54, 1.807) is 0 Å². The minimum Gasteiger partial charge on any atom is -0.306 e. The average Bonchev–Trinajstić information content (AvgIpc) is 2.74. The van der Waals surface area contributed by atoms with E-state index in [1.165, 1.54) is 13.8 Å². The van der Waals surface area contributed by atoms with E-state index in [4.69, 9.17) is 0 Å². The van der Waals surface area contributed by atoms with Crippen molar-refractivity contribution in [2.45, 2.75) is 50.9 Å². The molecule has 1 atom stereocenters. The Morgan fingerprint density at radius 3 is 1.85 bits per heavy atom. The van der Waals surface area contributed by atoms with E-state index in [-0.39, 0.29) is 12.8 Å². The molecule has 0 saturated carbocycles. The number of hydrogen-bond donors (Lipinski definition) is 0. The maximum Gasteiger partial charge on any atom is 0.416 e. The summed E-state index contributed by atoms with van der Waals surface area (Å²) >= 11 is 0. The summed E-state index contributed by atoms with van der Waals surface area (Å²) < 4.78 is 82.6. The van der Waals surface area contributed by atoms with Gasteiger partial charge in [-0.2, -0.15) is 31.6 Å². The van der Waals surface area contributed by atoms with Gasteiger partial charge in [-0.05, 0) is 62.0 Å². The molecule has 2 nitrogen and oxygen atoms in total. The number of likely N-dealkylation sites (N-methyl/N-ethyl adjacent to an activating group) is 1. The van der Waals surface area contributed by atoms with Gasteiger partial charge >= 0.3 is 12.4 Å². The van der Waals surface area contributed by atoms with Crippen LogP contribution in [-0.2, 0) is 24.2 Å². The van der Waals surface area contributed by atoms with E-state index >= 15 is 0 Å². The molecule has 2 rings (SSSR count). The lowest BCUT2D eigenvalue weighted by molar-refractivity contribution is -0.145. The predicted molar refractivity (Wildman–Crippen MR) is 115 cm³/mol. The number of rotatable bonds is 9. The molecule has 0 N–H and O–H groups in total.